The van der Waals surface area contributed by atoms with Crippen LogP contribution in [0.2, 0.25) is 0 Å². The minimum Gasteiger partial charge on any atom is -0.412 e. The molecular formula is H8NaO4. The van der Waals surface area contributed by atoms with Crippen LogP contribution in [0.15, 0.2) is 0 Å². The molecule has 0 heterocycles. The van der Waals surface area contributed by atoms with Gasteiger partial charge in [-0.15, -0.1) is 0 Å². The summed E-state index contributed by atoms with van der Waals surface area (Å²) in [7, 11) is 0. The molecule has 5 heavy (non-hydrogen) atoms. The van der Waals surface area contributed by atoms with E-state index in [0.717, 1.165) is 0 Å². The molecule has 0 spiro atoms. The predicted octanol–water partition coefficient (Wildman–Crippen LogP) is -3.68. The van der Waals surface area contributed by atoms with Gasteiger partial charge in [-0.1, -0.05) is 0 Å². The normalized spacial score (nSPS) is 0. The van der Waals surface area contributed by atoms with Crippen molar-refractivity contribution in [2.24, 2.45) is 0 Å². The Labute approximate surface area is 51.7 Å². The molecule has 0 aliphatic carbocycles. The zero-order valence-electron chi connectivity index (χ0n) is 3.00. The van der Waals surface area contributed by atoms with Crippen molar-refractivity contribution in [1.82, 2.24) is 0 Å². The standard InChI is InChI=1S/Na.4H2O/h;4*1H2. The minimum absolute atomic E-state index is 0. The Morgan fingerprint density at radius 3 is 0.400 bits per heavy atom. The van der Waals surface area contributed by atoms with Crippen molar-refractivity contribution in [3.63, 3.8) is 0 Å². The maximum Gasteiger partial charge on any atom is 0 e. The molecule has 0 aliphatic heterocycles. The molecule has 0 unspecified atom stereocenters. The second kappa shape index (κ2) is 101. The van der Waals surface area contributed by atoms with E-state index in [9.17, 15) is 0 Å². The fraction of sp³-hybridized carbons (Fsp3) is 0. The maximum atomic E-state index is 0. The zero-order valence-corrected chi connectivity index (χ0v) is 5.00. The molecule has 0 aromatic carbocycles. The van der Waals surface area contributed by atoms with E-state index in [1.54, 1.807) is 0 Å². The molecular weight excluding hydrogens is 87.0 g/mol. The Kier molecular flexibility index (Phi) is 3920. The Morgan fingerprint density at radius 1 is 0.400 bits per heavy atom. The molecule has 4 nitrogen and oxygen atoms in total. The second-order valence-corrected chi connectivity index (χ2v) is 0. The summed E-state index contributed by atoms with van der Waals surface area (Å²) >= 11 is 0. The summed E-state index contributed by atoms with van der Waals surface area (Å²) in [6.45, 7) is 0. The third-order valence-corrected chi connectivity index (χ3v) is 0. The molecule has 0 aromatic rings. The third kappa shape index (κ3) is 55.3. The minimum atomic E-state index is 0. The summed E-state index contributed by atoms with van der Waals surface area (Å²) in [5, 5.41) is 0. The van der Waals surface area contributed by atoms with Crippen molar-refractivity contribution in [2.45, 2.75) is 0 Å². The van der Waals surface area contributed by atoms with Gasteiger partial charge < -0.3 is 21.9 Å². The van der Waals surface area contributed by atoms with Gasteiger partial charge in [0, 0.05) is 29.6 Å². The Morgan fingerprint density at radius 2 is 0.400 bits per heavy atom. The van der Waals surface area contributed by atoms with Crippen LogP contribution in [0.25, 0.3) is 0 Å². The van der Waals surface area contributed by atoms with Crippen molar-refractivity contribution in [3.05, 3.63) is 0 Å². The fourth-order valence-corrected chi connectivity index (χ4v) is 0. The van der Waals surface area contributed by atoms with E-state index in [-0.39, 0.29) is 51.5 Å². The first-order valence-electron chi connectivity index (χ1n) is 0. The van der Waals surface area contributed by atoms with Gasteiger partial charge in [0.1, 0.15) is 0 Å². The molecule has 0 atom stereocenters. The first-order chi connectivity index (χ1) is 0. The van der Waals surface area contributed by atoms with Gasteiger partial charge in [0.2, 0.25) is 0 Å². The van der Waals surface area contributed by atoms with Crippen LogP contribution in [0.3, 0.4) is 0 Å². The third-order valence-electron chi connectivity index (χ3n) is 0. The van der Waals surface area contributed by atoms with Gasteiger partial charge in [0.05, 0.1) is 0 Å². The molecule has 0 saturated carbocycles. The van der Waals surface area contributed by atoms with Gasteiger partial charge in [-0.2, -0.15) is 0 Å². The molecule has 1 radical (unpaired) electrons. The van der Waals surface area contributed by atoms with Gasteiger partial charge in [-0.25, -0.2) is 0 Å². The van der Waals surface area contributed by atoms with E-state index in [0.29, 0.717) is 0 Å². The van der Waals surface area contributed by atoms with Crippen LogP contribution >= 0.6 is 0 Å². The fourth-order valence-electron chi connectivity index (χ4n) is 0. The SMILES string of the molecule is O.O.O.O.[Na]. The van der Waals surface area contributed by atoms with Gasteiger partial charge >= 0.3 is 0 Å². The average Bonchev–Trinajstić information content (AvgIpc) is 0. The van der Waals surface area contributed by atoms with Crippen molar-refractivity contribution < 1.29 is 21.9 Å². The smallest absolute Gasteiger partial charge is 0 e. The summed E-state index contributed by atoms with van der Waals surface area (Å²) < 4.78 is 0. The predicted molar refractivity (Wildman–Crippen MR) is 20.2 cm³/mol. The quantitative estimate of drug-likeness (QED) is 0.275. The van der Waals surface area contributed by atoms with Crippen LogP contribution in [0, 0.1) is 0 Å². The van der Waals surface area contributed by atoms with Crippen LogP contribution in [0.5, 0.6) is 0 Å². The van der Waals surface area contributed by atoms with Gasteiger partial charge in [0.15, 0.2) is 0 Å². The molecule has 8 N–H and O–H groups in total. The summed E-state index contributed by atoms with van der Waals surface area (Å²) in [6.07, 6.45) is 0. The van der Waals surface area contributed by atoms with E-state index in [2.05, 4.69) is 0 Å². The largest absolute Gasteiger partial charge is 0.412 e. The first kappa shape index (κ1) is 194. The first-order valence-corrected chi connectivity index (χ1v) is 0. The van der Waals surface area contributed by atoms with Crippen molar-refractivity contribution in [1.29, 1.82) is 0 Å². The van der Waals surface area contributed by atoms with Gasteiger partial charge in [-0.05, 0) is 0 Å². The van der Waals surface area contributed by atoms with Crippen LogP contribution in [-0.4, -0.2) is 51.5 Å². The van der Waals surface area contributed by atoms with Crippen molar-refractivity contribution >= 4 is 29.6 Å². The monoisotopic (exact) mass is 95.0 g/mol. The number of hydrogen-bond donors (Lipinski definition) is 0. The summed E-state index contributed by atoms with van der Waals surface area (Å²) in [5.41, 5.74) is 0. The van der Waals surface area contributed by atoms with E-state index in [4.69, 9.17) is 0 Å². The molecule has 0 amide bonds. The average molecular weight is 95.0 g/mol. The molecule has 0 rings (SSSR count). The van der Waals surface area contributed by atoms with E-state index >= 15 is 0 Å². The Balaban J connectivity index is 0. The maximum absolute atomic E-state index is 0. The number of hydrogen-bond acceptors (Lipinski definition) is 0. The van der Waals surface area contributed by atoms with E-state index < -0.39 is 0 Å². The molecule has 0 bridgehead atoms. The van der Waals surface area contributed by atoms with Crippen LogP contribution < -0.4 is 0 Å². The van der Waals surface area contributed by atoms with Crippen LogP contribution in [0.4, 0.5) is 0 Å². The molecule has 33 valence electrons. The molecule has 0 fully saturated rings. The van der Waals surface area contributed by atoms with Crippen LogP contribution in [0.1, 0.15) is 0 Å². The molecule has 0 aromatic heterocycles. The zero-order chi connectivity index (χ0) is 0. The summed E-state index contributed by atoms with van der Waals surface area (Å²) in [5.74, 6) is 0. The topological polar surface area (TPSA) is 126 Å². The van der Waals surface area contributed by atoms with Crippen molar-refractivity contribution in [2.75, 3.05) is 0 Å². The van der Waals surface area contributed by atoms with E-state index in [1.165, 1.54) is 0 Å². The second-order valence-electron chi connectivity index (χ2n) is 0. The number of rotatable bonds is 0. The Hall–Kier alpha value is 0.840. The van der Waals surface area contributed by atoms with E-state index in [1.807, 2.05) is 0 Å². The van der Waals surface area contributed by atoms with Gasteiger partial charge in [0.25, 0.3) is 0 Å². The van der Waals surface area contributed by atoms with Crippen molar-refractivity contribution in [3.8, 4) is 0 Å². The van der Waals surface area contributed by atoms with Gasteiger partial charge in [-0.3, -0.25) is 0 Å². The molecule has 0 saturated heterocycles. The molecule has 0 aliphatic rings. The van der Waals surface area contributed by atoms with Crippen LogP contribution in [-0.2, 0) is 0 Å². The summed E-state index contributed by atoms with van der Waals surface area (Å²) in [6, 6.07) is 0. The summed E-state index contributed by atoms with van der Waals surface area (Å²) in [4.78, 5) is 0. The Bertz CT molecular complexity index is 3.61. The molecule has 5 heteroatoms.